The summed E-state index contributed by atoms with van der Waals surface area (Å²) < 4.78 is 6.03. The highest BCUT2D eigenvalue weighted by molar-refractivity contribution is 5.88. The van der Waals surface area contributed by atoms with Gasteiger partial charge >= 0.3 is 0 Å². The van der Waals surface area contributed by atoms with Gasteiger partial charge in [-0.15, -0.1) is 12.4 Å². The van der Waals surface area contributed by atoms with Gasteiger partial charge in [-0.05, 0) is 49.1 Å². The average molecular weight is 348 g/mol. The summed E-state index contributed by atoms with van der Waals surface area (Å²) in [7, 11) is 0. The Kier molecular flexibility index (Phi) is 7.39. The minimum atomic E-state index is 0. The number of piperidine rings is 1. The number of unbranched alkanes of at least 4 members (excludes halogenated alkanes) is 1. The van der Waals surface area contributed by atoms with Gasteiger partial charge < -0.3 is 9.64 Å². The molecule has 24 heavy (non-hydrogen) atoms. The Morgan fingerprint density at radius 3 is 2.46 bits per heavy atom. The second-order valence-electron chi connectivity index (χ2n) is 7.24. The third-order valence-corrected chi connectivity index (χ3v) is 4.82. The van der Waals surface area contributed by atoms with E-state index in [0.717, 1.165) is 30.6 Å². The summed E-state index contributed by atoms with van der Waals surface area (Å²) in [6, 6.07) is 14.7. The van der Waals surface area contributed by atoms with Gasteiger partial charge in [-0.2, -0.15) is 0 Å². The molecule has 132 valence electrons. The maximum atomic E-state index is 6.03. The summed E-state index contributed by atoms with van der Waals surface area (Å²) in [5, 5.41) is 2.47. The molecule has 0 radical (unpaired) electrons. The largest absolute Gasteiger partial charge is 0.493 e. The van der Waals surface area contributed by atoms with Crippen LogP contribution in [0.2, 0.25) is 0 Å². The number of halogens is 1. The maximum absolute atomic E-state index is 6.03. The first-order valence-electron chi connectivity index (χ1n) is 9.05. The standard InChI is InChI=1S/C21H29NO.ClH/c1-17-14-18(2)16-22(15-17)12-5-6-13-23-21-11-7-9-19-8-3-4-10-20(19)21;/h3-4,7-11,17-18H,5-6,12-16H2,1-2H3;1H. The maximum Gasteiger partial charge on any atom is 0.127 e. The summed E-state index contributed by atoms with van der Waals surface area (Å²) in [5.74, 6) is 2.72. The Labute approximate surface area is 152 Å². The van der Waals surface area contributed by atoms with E-state index < -0.39 is 0 Å². The van der Waals surface area contributed by atoms with Gasteiger partial charge in [0.15, 0.2) is 0 Å². The molecule has 0 spiro atoms. The van der Waals surface area contributed by atoms with Crippen molar-refractivity contribution in [2.75, 3.05) is 26.2 Å². The highest BCUT2D eigenvalue weighted by atomic mass is 35.5. The molecule has 1 aliphatic heterocycles. The van der Waals surface area contributed by atoms with Crippen LogP contribution in [0, 0.1) is 11.8 Å². The van der Waals surface area contributed by atoms with Crippen LogP contribution in [-0.4, -0.2) is 31.1 Å². The molecule has 0 aromatic heterocycles. The lowest BCUT2D eigenvalue weighted by Gasteiger charge is -2.34. The summed E-state index contributed by atoms with van der Waals surface area (Å²) in [6.07, 6.45) is 3.74. The quantitative estimate of drug-likeness (QED) is 0.649. The zero-order valence-corrected chi connectivity index (χ0v) is 15.7. The summed E-state index contributed by atoms with van der Waals surface area (Å²) in [6.45, 7) is 9.34. The average Bonchev–Trinajstić information content (AvgIpc) is 2.54. The van der Waals surface area contributed by atoms with Gasteiger partial charge in [0.05, 0.1) is 6.61 Å². The first kappa shape index (κ1) is 19.1. The number of rotatable bonds is 6. The first-order chi connectivity index (χ1) is 11.2. The molecular weight excluding hydrogens is 318 g/mol. The fourth-order valence-corrected chi connectivity index (χ4v) is 3.92. The van der Waals surface area contributed by atoms with Crippen molar-refractivity contribution in [3.8, 4) is 5.75 Å². The Morgan fingerprint density at radius 1 is 0.958 bits per heavy atom. The van der Waals surface area contributed by atoms with Crippen LogP contribution < -0.4 is 4.74 Å². The van der Waals surface area contributed by atoms with Crippen molar-refractivity contribution in [2.24, 2.45) is 11.8 Å². The minimum absolute atomic E-state index is 0. The summed E-state index contributed by atoms with van der Waals surface area (Å²) >= 11 is 0. The molecule has 1 saturated heterocycles. The number of likely N-dealkylation sites (tertiary alicyclic amines) is 1. The van der Waals surface area contributed by atoms with Crippen LogP contribution >= 0.6 is 12.4 Å². The second-order valence-corrected chi connectivity index (χ2v) is 7.24. The number of hydrogen-bond donors (Lipinski definition) is 0. The smallest absolute Gasteiger partial charge is 0.127 e. The summed E-state index contributed by atoms with van der Waals surface area (Å²) in [5.41, 5.74) is 0. The van der Waals surface area contributed by atoms with E-state index in [1.165, 1.54) is 43.2 Å². The van der Waals surface area contributed by atoms with E-state index in [9.17, 15) is 0 Å². The normalized spacial score (nSPS) is 21.4. The highest BCUT2D eigenvalue weighted by Gasteiger charge is 2.20. The highest BCUT2D eigenvalue weighted by Crippen LogP contribution is 2.25. The van der Waals surface area contributed by atoms with E-state index in [1.807, 2.05) is 0 Å². The van der Waals surface area contributed by atoms with E-state index in [4.69, 9.17) is 4.74 Å². The molecule has 3 rings (SSSR count). The molecule has 1 heterocycles. The molecule has 2 nitrogen and oxygen atoms in total. The SMILES string of the molecule is CC1CC(C)CN(CCCCOc2cccc3ccccc23)C1.Cl. The fraction of sp³-hybridized carbons (Fsp3) is 0.524. The van der Waals surface area contributed by atoms with Crippen LogP contribution in [0.25, 0.3) is 10.8 Å². The summed E-state index contributed by atoms with van der Waals surface area (Å²) in [4.78, 5) is 2.64. The Balaban J connectivity index is 0.00000208. The number of hydrogen-bond acceptors (Lipinski definition) is 2. The number of nitrogens with zero attached hydrogens (tertiary/aromatic N) is 1. The molecule has 2 aromatic rings. The van der Waals surface area contributed by atoms with Gasteiger partial charge in [0, 0.05) is 18.5 Å². The molecule has 1 aliphatic rings. The van der Waals surface area contributed by atoms with Gasteiger partial charge in [0.2, 0.25) is 0 Å². The van der Waals surface area contributed by atoms with Crippen LogP contribution in [0.3, 0.4) is 0 Å². The van der Waals surface area contributed by atoms with Crippen LogP contribution in [0.4, 0.5) is 0 Å². The zero-order chi connectivity index (χ0) is 16.1. The van der Waals surface area contributed by atoms with Gasteiger partial charge in [0.25, 0.3) is 0 Å². The van der Waals surface area contributed by atoms with Gasteiger partial charge in [-0.3, -0.25) is 0 Å². The van der Waals surface area contributed by atoms with Crippen molar-refractivity contribution in [3.05, 3.63) is 42.5 Å². The molecule has 1 fully saturated rings. The molecule has 0 saturated carbocycles. The molecule has 0 N–H and O–H groups in total. The lowest BCUT2D eigenvalue weighted by atomic mass is 9.92. The monoisotopic (exact) mass is 347 g/mol. The predicted octanol–water partition coefficient (Wildman–Crippen LogP) is 5.40. The second kappa shape index (κ2) is 9.29. The van der Waals surface area contributed by atoms with Gasteiger partial charge in [-0.1, -0.05) is 50.2 Å². The van der Waals surface area contributed by atoms with Crippen molar-refractivity contribution in [3.63, 3.8) is 0 Å². The molecule has 0 aliphatic carbocycles. The van der Waals surface area contributed by atoms with Crippen LogP contribution in [0.15, 0.2) is 42.5 Å². The van der Waals surface area contributed by atoms with E-state index in [-0.39, 0.29) is 12.4 Å². The number of fused-ring (bicyclic) bond motifs is 1. The third kappa shape index (κ3) is 5.12. The zero-order valence-electron chi connectivity index (χ0n) is 14.9. The lowest BCUT2D eigenvalue weighted by Crippen LogP contribution is -2.39. The minimum Gasteiger partial charge on any atom is -0.493 e. The molecule has 2 atom stereocenters. The Morgan fingerprint density at radius 2 is 1.67 bits per heavy atom. The topological polar surface area (TPSA) is 12.5 Å². The molecule has 3 heteroatoms. The van der Waals surface area contributed by atoms with Crippen LogP contribution in [-0.2, 0) is 0 Å². The van der Waals surface area contributed by atoms with Crippen molar-refractivity contribution >= 4 is 23.2 Å². The molecule has 2 unspecified atom stereocenters. The Hall–Kier alpha value is -1.25. The van der Waals surface area contributed by atoms with Crippen molar-refractivity contribution in [2.45, 2.75) is 33.1 Å². The predicted molar refractivity (Wildman–Crippen MR) is 105 cm³/mol. The van der Waals surface area contributed by atoms with Gasteiger partial charge in [0.1, 0.15) is 5.75 Å². The molecule has 0 amide bonds. The van der Waals surface area contributed by atoms with E-state index in [0.29, 0.717) is 0 Å². The van der Waals surface area contributed by atoms with Crippen LogP contribution in [0.1, 0.15) is 33.1 Å². The molecule has 2 aromatic carbocycles. The molecular formula is C21H30ClNO. The molecule has 0 bridgehead atoms. The van der Waals surface area contributed by atoms with E-state index >= 15 is 0 Å². The van der Waals surface area contributed by atoms with Gasteiger partial charge in [-0.25, -0.2) is 0 Å². The van der Waals surface area contributed by atoms with E-state index in [2.05, 4.69) is 61.2 Å². The van der Waals surface area contributed by atoms with Crippen molar-refractivity contribution in [1.29, 1.82) is 0 Å². The Bertz CT molecular complexity index is 615. The van der Waals surface area contributed by atoms with Crippen molar-refractivity contribution < 1.29 is 4.74 Å². The van der Waals surface area contributed by atoms with E-state index in [1.54, 1.807) is 0 Å². The number of ether oxygens (including phenoxy) is 1. The lowest BCUT2D eigenvalue weighted by molar-refractivity contribution is 0.137. The fourth-order valence-electron chi connectivity index (χ4n) is 3.92. The van der Waals surface area contributed by atoms with Crippen LogP contribution in [0.5, 0.6) is 5.75 Å². The number of benzene rings is 2. The third-order valence-electron chi connectivity index (χ3n) is 4.82. The first-order valence-corrected chi connectivity index (χ1v) is 9.05. The van der Waals surface area contributed by atoms with Crippen molar-refractivity contribution in [1.82, 2.24) is 4.90 Å².